The summed E-state index contributed by atoms with van der Waals surface area (Å²) in [5.41, 5.74) is 1.07. The molecular formula is C21H33N3O2. The highest BCUT2D eigenvalue weighted by Crippen LogP contribution is 2.21. The number of hydrogen-bond acceptors (Lipinski definition) is 4. The molecule has 0 saturated carbocycles. The quantitative estimate of drug-likeness (QED) is 0.808. The first-order valence-electron chi connectivity index (χ1n) is 9.91. The highest BCUT2D eigenvalue weighted by molar-refractivity contribution is 5.77. The van der Waals surface area contributed by atoms with Crippen molar-refractivity contribution in [2.75, 3.05) is 52.9 Å². The molecule has 2 saturated heterocycles. The first-order valence-corrected chi connectivity index (χ1v) is 9.91. The molecule has 2 heterocycles. The molecule has 1 aromatic carbocycles. The molecule has 0 spiro atoms. The average molecular weight is 360 g/mol. The monoisotopic (exact) mass is 359 g/mol. The lowest BCUT2D eigenvalue weighted by molar-refractivity contribution is -0.134. The van der Waals surface area contributed by atoms with Crippen molar-refractivity contribution in [1.82, 2.24) is 14.7 Å². The van der Waals surface area contributed by atoms with Crippen molar-refractivity contribution < 1.29 is 9.53 Å². The number of hydrogen-bond donors (Lipinski definition) is 0. The van der Waals surface area contributed by atoms with Gasteiger partial charge in [-0.3, -0.25) is 9.69 Å². The summed E-state index contributed by atoms with van der Waals surface area (Å²) in [6.07, 6.45) is 2.21. The topological polar surface area (TPSA) is 36.0 Å². The Morgan fingerprint density at radius 1 is 1.15 bits per heavy atom. The molecule has 1 unspecified atom stereocenters. The fraction of sp³-hybridized carbons (Fsp3) is 0.667. The first-order chi connectivity index (χ1) is 12.5. The Bertz CT molecular complexity index is 599. The van der Waals surface area contributed by atoms with E-state index in [0.29, 0.717) is 12.0 Å². The molecule has 0 bridgehead atoms. The van der Waals surface area contributed by atoms with Crippen LogP contribution in [0, 0.1) is 12.8 Å². The van der Waals surface area contributed by atoms with Crippen LogP contribution in [0.5, 0.6) is 5.75 Å². The van der Waals surface area contributed by atoms with Crippen LogP contribution in [-0.4, -0.2) is 79.6 Å². The summed E-state index contributed by atoms with van der Waals surface area (Å²) in [7, 11) is 2.21. The molecule has 2 fully saturated rings. The third-order valence-electron chi connectivity index (χ3n) is 5.87. The van der Waals surface area contributed by atoms with E-state index in [2.05, 4.69) is 23.8 Å². The van der Waals surface area contributed by atoms with Gasteiger partial charge < -0.3 is 14.5 Å². The second-order valence-corrected chi connectivity index (χ2v) is 7.98. The van der Waals surface area contributed by atoms with E-state index < -0.39 is 0 Å². The molecule has 3 rings (SSSR count). The number of amides is 1. The van der Waals surface area contributed by atoms with E-state index in [1.165, 1.54) is 13.1 Å². The van der Waals surface area contributed by atoms with Gasteiger partial charge in [0.25, 0.3) is 5.91 Å². The van der Waals surface area contributed by atoms with Gasteiger partial charge in [0.15, 0.2) is 6.61 Å². The number of para-hydroxylation sites is 1. The standard InChI is InChI=1S/C21H33N3O2/c1-17-6-4-5-7-20(17)26-16-21(25)23-10-8-19(9-11-23)15-24-13-12-22(3)14-18(24)2/h4-7,18-19H,8-16H2,1-3H3. The van der Waals surface area contributed by atoms with Gasteiger partial charge in [-0.1, -0.05) is 18.2 Å². The number of carbonyl (C=O) groups excluding carboxylic acids is 1. The van der Waals surface area contributed by atoms with Crippen LogP contribution in [-0.2, 0) is 4.79 Å². The Hall–Kier alpha value is -1.59. The third kappa shape index (κ3) is 4.98. The van der Waals surface area contributed by atoms with Crippen molar-refractivity contribution in [3.05, 3.63) is 29.8 Å². The molecule has 1 amide bonds. The van der Waals surface area contributed by atoms with Gasteiger partial charge in [0.05, 0.1) is 0 Å². The molecule has 0 aliphatic carbocycles. The van der Waals surface area contributed by atoms with E-state index in [0.717, 1.165) is 50.3 Å². The molecule has 0 N–H and O–H groups in total. The number of aryl methyl sites for hydroxylation is 1. The molecule has 0 aromatic heterocycles. The smallest absolute Gasteiger partial charge is 0.260 e. The number of piperidine rings is 1. The zero-order chi connectivity index (χ0) is 18.5. The Morgan fingerprint density at radius 2 is 1.88 bits per heavy atom. The van der Waals surface area contributed by atoms with E-state index in [-0.39, 0.29) is 12.5 Å². The molecule has 5 heteroatoms. The summed E-state index contributed by atoms with van der Waals surface area (Å²) in [6, 6.07) is 8.49. The zero-order valence-corrected chi connectivity index (χ0v) is 16.5. The number of likely N-dealkylation sites (N-methyl/N-ethyl adjacent to an activating group) is 1. The van der Waals surface area contributed by atoms with Crippen molar-refractivity contribution in [3.8, 4) is 5.75 Å². The largest absolute Gasteiger partial charge is 0.484 e. The second kappa shape index (κ2) is 8.87. The molecule has 5 nitrogen and oxygen atoms in total. The lowest BCUT2D eigenvalue weighted by atomic mass is 9.95. The number of rotatable bonds is 5. The van der Waals surface area contributed by atoms with Crippen LogP contribution in [0.1, 0.15) is 25.3 Å². The average Bonchev–Trinajstić information content (AvgIpc) is 2.64. The predicted octanol–water partition coefficient (Wildman–Crippen LogP) is 2.25. The number of nitrogens with zero attached hydrogens (tertiary/aromatic N) is 3. The summed E-state index contributed by atoms with van der Waals surface area (Å²) in [5, 5.41) is 0. The minimum Gasteiger partial charge on any atom is -0.484 e. The Labute approximate surface area is 157 Å². The summed E-state index contributed by atoms with van der Waals surface area (Å²) >= 11 is 0. The van der Waals surface area contributed by atoms with Crippen LogP contribution >= 0.6 is 0 Å². The number of ether oxygens (including phenoxy) is 1. The van der Waals surface area contributed by atoms with Crippen LogP contribution in [0.15, 0.2) is 24.3 Å². The summed E-state index contributed by atoms with van der Waals surface area (Å²) in [5.74, 6) is 1.63. The fourth-order valence-electron chi connectivity index (χ4n) is 4.09. The van der Waals surface area contributed by atoms with Gasteiger partial charge in [0.1, 0.15) is 5.75 Å². The number of likely N-dealkylation sites (tertiary alicyclic amines) is 1. The van der Waals surface area contributed by atoms with Gasteiger partial charge in [0, 0.05) is 45.3 Å². The maximum absolute atomic E-state index is 12.5. The van der Waals surface area contributed by atoms with Crippen molar-refractivity contribution in [2.45, 2.75) is 32.7 Å². The van der Waals surface area contributed by atoms with Gasteiger partial charge in [-0.05, 0) is 51.3 Å². The molecule has 1 atom stereocenters. The van der Waals surface area contributed by atoms with Crippen LogP contribution in [0.25, 0.3) is 0 Å². The third-order valence-corrected chi connectivity index (χ3v) is 5.87. The SMILES string of the molecule is Cc1ccccc1OCC(=O)N1CCC(CN2CCN(C)CC2C)CC1. The fourth-order valence-corrected chi connectivity index (χ4v) is 4.09. The van der Waals surface area contributed by atoms with Crippen LogP contribution in [0.2, 0.25) is 0 Å². The minimum absolute atomic E-state index is 0.111. The Morgan fingerprint density at radius 3 is 2.58 bits per heavy atom. The molecule has 1 aromatic rings. The minimum atomic E-state index is 0.111. The maximum atomic E-state index is 12.5. The van der Waals surface area contributed by atoms with Crippen molar-refractivity contribution >= 4 is 5.91 Å². The summed E-state index contributed by atoms with van der Waals surface area (Å²) < 4.78 is 5.72. The highest BCUT2D eigenvalue weighted by Gasteiger charge is 2.28. The molecule has 2 aliphatic rings. The Kier molecular flexibility index (Phi) is 6.54. The van der Waals surface area contributed by atoms with Crippen LogP contribution < -0.4 is 4.74 Å². The maximum Gasteiger partial charge on any atom is 0.260 e. The molecule has 144 valence electrons. The lowest BCUT2D eigenvalue weighted by Crippen LogP contribution is -2.52. The lowest BCUT2D eigenvalue weighted by Gasteiger charge is -2.41. The van der Waals surface area contributed by atoms with Crippen LogP contribution in [0.4, 0.5) is 0 Å². The summed E-state index contributed by atoms with van der Waals surface area (Å²) in [4.78, 5) is 19.5. The summed E-state index contributed by atoms with van der Waals surface area (Å²) in [6.45, 7) is 10.9. The molecule has 0 radical (unpaired) electrons. The van der Waals surface area contributed by atoms with E-state index >= 15 is 0 Å². The van der Waals surface area contributed by atoms with Gasteiger partial charge in [-0.15, -0.1) is 0 Å². The van der Waals surface area contributed by atoms with E-state index in [9.17, 15) is 4.79 Å². The molecule has 2 aliphatic heterocycles. The van der Waals surface area contributed by atoms with E-state index in [1.807, 2.05) is 36.1 Å². The zero-order valence-electron chi connectivity index (χ0n) is 16.5. The molecular weight excluding hydrogens is 326 g/mol. The first kappa shape index (κ1) is 19.2. The van der Waals surface area contributed by atoms with Gasteiger partial charge >= 0.3 is 0 Å². The van der Waals surface area contributed by atoms with E-state index in [1.54, 1.807) is 0 Å². The highest BCUT2D eigenvalue weighted by atomic mass is 16.5. The van der Waals surface area contributed by atoms with E-state index in [4.69, 9.17) is 4.74 Å². The Balaban J connectivity index is 1.40. The molecule has 26 heavy (non-hydrogen) atoms. The number of benzene rings is 1. The number of piperazine rings is 1. The number of carbonyl (C=O) groups is 1. The normalized spacial score (nSPS) is 23.2. The second-order valence-electron chi connectivity index (χ2n) is 7.98. The van der Waals surface area contributed by atoms with Crippen molar-refractivity contribution in [1.29, 1.82) is 0 Å². The van der Waals surface area contributed by atoms with Gasteiger partial charge in [-0.25, -0.2) is 0 Å². The van der Waals surface area contributed by atoms with Gasteiger partial charge in [0.2, 0.25) is 0 Å². The van der Waals surface area contributed by atoms with Crippen LogP contribution in [0.3, 0.4) is 0 Å². The predicted molar refractivity (Wildman–Crippen MR) is 105 cm³/mol. The van der Waals surface area contributed by atoms with Crippen molar-refractivity contribution in [2.24, 2.45) is 5.92 Å². The van der Waals surface area contributed by atoms with Gasteiger partial charge in [-0.2, -0.15) is 0 Å². The van der Waals surface area contributed by atoms with Crippen molar-refractivity contribution in [3.63, 3.8) is 0 Å².